The van der Waals surface area contributed by atoms with Crippen LogP contribution in [0.3, 0.4) is 0 Å². The third-order valence-electron chi connectivity index (χ3n) is 8.75. The summed E-state index contributed by atoms with van der Waals surface area (Å²) in [7, 11) is 0. The number of hydrogen-bond acceptors (Lipinski definition) is 3. The first-order chi connectivity index (χ1) is 17.7. The standard InChI is InChI=1S/C33H37NO3/c1-32(2,3)23-14-12-22(13-15-23)18-33(36)19-24-16-17-25(20-33)34(24)31(35)37-21-30-28-10-6-4-8-26(28)27-9-5-7-11-29(27)30/h4-15,24-25,30,36H,16-21H2,1-3H3. The molecule has 2 unspecified atom stereocenters. The van der Waals surface area contributed by atoms with Crippen molar-refractivity contribution < 1.29 is 14.6 Å². The number of fused-ring (bicyclic) bond motifs is 5. The van der Waals surface area contributed by atoms with Crippen LogP contribution < -0.4 is 0 Å². The summed E-state index contributed by atoms with van der Waals surface area (Å²) in [6.45, 7) is 6.98. The van der Waals surface area contributed by atoms with Crippen molar-refractivity contribution in [3.05, 3.63) is 95.1 Å². The molecule has 1 amide bonds. The van der Waals surface area contributed by atoms with Crippen molar-refractivity contribution in [1.82, 2.24) is 4.90 Å². The summed E-state index contributed by atoms with van der Waals surface area (Å²) in [5, 5.41) is 11.6. The highest BCUT2D eigenvalue weighted by Gasteiger charge is 2.50. The molecule has 192 valence electrons. The second kappa shape index (κ2) is 9.02. The number of piperidine rings is 1. The van der Waals surface area contributed by atoms with E-state index in [2.05, 4.69) is 93.6 Å². The lowest BCUT2D eigenvalue weighted by Gasteiger charge is -2.43. The third kappa shape index (κ3) is 4.46. The van der Waals surface area contributed by atoms with Gasteiger partial charge in [-0.3, -0.25) is 0 Å². The van der Waals surface area contributed by atoms with Gasteiger partial charge in [-0.25, -0.2) is 4.79 Å². The van der Waals surface area contributed by atoms with Crippen LogP contribution in [0.15, 0.2) is 72.8 Å². The lowest BCUT2D eigenvalue weighted by molar-refractivity contribution is -0.0479. The van der Waals surface area contributed by atoms with Gasteiger partial charge in [0.1, 0.15) is 6.61 Å². The van der Waals surface area contributed by atoms with Crippen LogP contribution in [-0.2, 0) is 16.6 Å². The van der Waals surface area contributed by atoms with Crippen molar-refractivity contribution in [2.45, 2.75) is 81.9 Å². The molecule has 4 nitrogen and oxygen atoms in total. The Morgan fingerprint density at radius 1 is 0.892 bits per heavy atom. The van der Waals surface area contributed by atoms with Gasteiger partial charge in [0.05, 0.1) is 5.60 Å². The van der Waals surface area contributed by atoms with Gasteiger partial charge in [-0.2, -0.15) is 0 Å². The zero-order valence-corrected chi connectivity index (χ0v) is 22.1. The molecule has 0 spiro atoms. The number of hydrogen-bond donors (Lipinski definition) is 1. The Kier molecular flexibility index (Phi) is 5.91. The van der Waals surface area contributed by atoms with Crippen molar-refractivity contribution in [2.75, 3.05) is 6.61 Å². The molecule has 0 radical (unpaired) electrons. The van der Waals surface area contributed by atoms with Gasteiger partial charge >= 0.3 is 6.09 Å². The van der Waals surface area contributed by atoms with Gasteiger partial charge in [-0.1, -0.05) is 93.6 Å². The molecule has 1 aliphatic carbocycles. The number of ether oxygens (including phenoxy) is 1. The summed E-state index contributed by atoms with van der Waals surface area (Å²) < 4.78 is 6.00. The Balaban J connectivity index is 1.12. The fraction of sp³-hybridized carbons (Fsp3) is 0.424. The van der Waals surface area contributed by atoms with Crippen LogP contribution in [0.5, 0.6) is 0 Å². The summed E-state index contributed by atoms with van der Waals surface area (Å²) in [5.74, 6) is 0.0618. The lowest BCUT2D eigenvalue weighted by atomic mass is 9.80. The van der Waals surface area contributed by atoms with E-state index in [4.69, 9.17) is 4.74 Å². The SMILES string of the molecule is CC(C)(C)c1ccc(CC2(O)CC3CCC(C2)N3C(=O)OCC2c3ccccc3-c3ccccc32)cc1. The normalized spacial score (nSPS) is 24.6. The fourth-order valence-corrected chi connectivity index (χ4v) is 6.94. The zero-order chi connectivity index (χ0) is 25.8. The number of benzene rings is 3. The summed E-state index contributed by atoms with van der Waals surface area (Å²) in [4.78, 5) is 15.3. The van der Waals surface area contributed by atoms with E-state index in [0.29, 0.717) is 25.9 Å². The molecule has 6 rings (SSSR count). The molecule has 2 saturated heterocycles. The second-order valence-electron chi connectivity index (χ2n) is 12.4. The van der Waals surface area contributed by atoms with E-state index in [-0.39, 0.29) is 29.5 Å². The average Bonchev–Trinajstić information content (AvgIpc) is 3.34. The number of aliphatic hydroxyl groups is 1. The minimum absolute atomic E-state index is 0.0354. The number of amides is 1. The first-order valence-corrected chi connectivity index (χ1v) is 13.7. The molecule has 37 heavy (non-hydrogen) atoms. The molecule has 0 aromatic heterocycles. The predicted octanol–water partition coefficient (Wildman–Crippen LogP) is 6.83. The van der Waals surface area contributed by atoms with Gasteiger partial charge in [0, 0.05) is 24.4 Å². The zero-order valence-electron chi connectivity index (χ0n) is 22.1. The van der Waals surface area contributed by atoms with Gasteiger partial charge in [-0.05, 0) is 64.5 Å². The van der Waals surface area contributed by atoms with Gasteiger partial charge < -0.3 is 14.7 Å². The van der Waals surface area contributed by atoms with Crippen LogP contribution in [0, 0.1) is 0 Å². The molecule has 2 heterocycles. The monoisotopic (exact) mass is 495 g/mol. The molecule has 3 aliphatic rings. The Hall–Kier alpha value is -3.11. The second-order valence-corrected chi connectivity index (χ2v) is 12.4. The van der Waals surface area contributed by atoms with Crippen LogP contribution in [0.4, 0.5) is 4.79 Å². The minimum Gasteiger partial charge on any atom is -0.448 e. The summed E-state index contributed by atoms with van der Waals surface area (Å²) in [6, 6.07) is 25.6. The van der Waals surface area contributed by atoms with Crippen molar-refractivity contribution in [3.63, 3.8) is 0 Å². The maximum Gasteiger partial charge on any atom is 0.410 e. The lowest BCUT2D eigenvalue weighted by Crippen LogP contribution is -2.54. The Morgan fingerprint density at radius 3 is 1.97 bits per heavy atom. The van der Waals surface area contributed by atoms with Crippen LogP contribution in [0.1, 0.15) is 74.6 Å². The smallest absolute Gasteiger partial charge is 0.410 e. The molecule has 3 aromatic carbocycles. The largest absolute Gasteiger partial charge is 0.448 e. The maximum absolute atomic E-state index is 13.4. The molecule has 3 aromatic rings. The van der Waals surface area contributed by atoms with Gasteiger partial charge in [0.15, 0.2) is 0 Å². The first kappa shape index (κ1) is 24.2. The van der Waals surface area contributed by atoms with Gasteiger partial charge in [0.25, 0.3) is 0 Å². The predicted molar refractivity (Wildman–Crippen MR) is 147 cm³/mol. The quantitative estimate of drug-likeness (QED) is 0.431. The Morgan fingerprint density at radius 2 is 1.43 bits per heavy atom. The number of nitrogens with zero attached hydrogens (tertiary/aromatic N) is 1. The van der Waals surface area contributed by atoms with Crippen LogP contribution in [0.25, 0.3) is 11.1 Å². The number of carbonyl (C=O) groups excluding carboxylic acids is 1. The van der Waals surface area contributed by atoms with Gasteiger partial charge in [0.2, 0.25) is 0 Å². The molecule has 1 N–H and O–H groups in total. The van der Waals surface area contributed by atoms with E-state index in [1.54, 1.807) is 0 Å². The minimum atomic E-state index is -0.783. The summed E-state index contributed by atoms with van der Waals surface area (Å²) >= 11 is 0. The van der Waals surface area contributed by atoms with E-state index in [0.717, 1.165) is 18.4 Å². The molecule has 2 bridgehead atoms. The van der Waals surface area contributed by atoms with E-state index >= 15 is 0 Å². The maximum atomic E-state index is 13.4. The van der Waals surface area contributed by atoms with Gasteiger partial charge in [-0.15, -0.1) is 0 Å². The summed E-state index contributed by atoms with van der Waals surface area (Å²) in [6.07, 6.45) is 3.47. The molecular formula is C33H37NO3. The third-order valence-corrected chi connectivity index (χ3v) is 8.75. The fourth-order valence-electron chi connectivity index (χ4n) is 6.94. The van der Waals surface area contributed by atoms with Crippen molar-refractivity contribution in [3.8, 4) is 11.1 Å². The average molecular weight is 496 g/mol. The van der Waals surface area contributed by atoms with Crippen LogP contribution >= 0.6 is 0 Å². The molecular weight excluding hydrogens is 458 g/mol. The Bertz CT molecular complexity index is 1250. The van der Waals surface area contributed by atoms with Crippen molar-refractivity contribution >= 4 is 6.09 Å². The van der Waals surface area contributed by atoms with E-state index in [1.807, 2.05) is 4.90 Å². The first-order valence-electron chi connectivity index (χ1n) is 13.7. The topological polar surface area (TPSA) is 49.8 Å². The van der Waals surface area contributed by atoms with E-state index in [9.17, 15) is 9.90 Å². The van der Waals surface area contributed by atoms with Crippen LogP contribution in [-0.4, -0.2) is 40.4 Å². The number of rotatable bonds is 4. The molecule has 2 fully saturated rings. The molecule has 2 aliphatic heterocycles. The van der Waals surface area contributed by atoms with E-state index in [1.165, 1.54) is 27.8 Å². The van der Waals surface area contributed by atoms with Crippen molar-refractivity contribution in [1.29, 1.82) is 0 Å². The highest BCUT2D eigenvalue weighted by molar-refractivity contribution is 5.79. The molecule has 4 heteroatoms. The molecule has 2 atom stereocenters. The van der Waals surface area contributed by atoms with Crippen molar-refractivity contribution in [2.24, 2.45) is 0 Å². The highest BCUT2D eigenvalue weighted by Crippen LogP contribution is 2.46. The van der Waals surface area contributed by atoms with E-state index < -0.39 is 5.60 Å². The Labute approximate surface area is 220 Å². The van der Waals surface area contributed by atoms with Crippen LogP contribution in [0.2, 0.25) is 0 Å². The highest BCUT2D eigenvalue weighted by atomic mass is 16.6. The summed E-state index contributed by atoms with van der Waals surface area (Å²) in [5.41, 5.74) is 6.71. The molecule has 0 saturated carbocycles. The number of carbonyl (C=O) groups is 1.